The lowest BCUT2D eigenvalue weighted by atomic mass is 9.94. The molecule has 0 spiro atoms. The summed E-state index contributed by atoms with van der Waals surface area (Å²) in [5.74, 6) is -0.153. The highest BCUT2D eigenvalue weighted by molar-refractivity contribution is 5.90. The molecular weight excluding hydrogens is 282 g/mol. The molecule has 1 fully saturated rings. The minimum Gasteiger partial charge on any atom is -0.481 e. The van der Waals surface area contributed by atoms with Crippen LogP contribution >= 0.6 is 0 Å². The Hall–Kier alpha value is -1.88. The number of carbonyl (C=O) groups is 2. The Morgan fingerprint density at radius 1 is 1.18 bits per heavy atom. The van der Waals surface area contributed by atoms with Crippen LogP contribution in [-0.4, -0.2) is 30.2 Å². The van der Waals surface area contributed by atoms with E-state index in [1.807, 2.05) is 0 Å². The van der Waals surface area contributed by atoms with E-state index in [-0.39, 0.29) is 12.3 Å². The molecule has 1 amide bonds. The van der Waals surface area contributed by atoms with Gasteiger partial charge in [0.25, 0.3) is 0 Å². The minimum absolute atomic E-state index is 0.000666. The molecule has 0 atom stereocenters. The topological polar surface area (TPSA) is 75.6 Å². The Kier molecular flexibility index (Phi) is 6.40. The third-order valence-electron chi connectivity index (χ3n) is 3.95. The number of hydrogen-bond acceptors (Lipinski definition) is 3. The van der Waals surface area contributed by atoms with Gasteiger partial charge in [-0.25, -0.2) is 0 Å². The van der Waals surface area contributed by atoms with Gasteiger partial charge in [-0.05, 0) is 49.3 Å². The van der Waals surface area contributed by atoms with Crippen LogP contribution < -0.4 is 5.32 Å². The monoisotopic (exact) mass is 305 g/mol. The Morgan fingerprint density at radius 3 is 2.50 bits per heavy atom. The highest BCUT2D eigenvalue weighted by atomic mass is 16.5. The molecule has 5 nitrogen and oxygen atoms in total. The first kappa shape index (κ1) is 16.5. The van der Waals surface area contributed by atoms with Crippen molar-refractivity contribution in [1.82, 2.24) is 0 Å². The maximum absolute atomic E-state index is 11.9. The van der Waals surface area contributed by atoms with Crippen molar-refractivity contribution in [3.63, 3.8) is 0 Å². The van der Waals surface area contributed by atoms with Crippen LogP contribution in [0.3, 0.4) is 0 Å². The zero-order chi connectivity index (χ0) is 15.8. The van der Waals surface area contributed by atoms with Gasteiger partial charge in [0.15, 0.2) is 0 Å². The maximum Gasteiger partial charge on any atom is 0.307 e. The third-order valence-corrected chi connectivity index (χ3v) is 3.95. The van der Waals surface area contributed by atoms with Crippen LogP contribution in [-0.2, 0) is 20.7 Å². The number of carboxylic acids is 1. The molecule has 2 rings (SSSR count). The van der Waals surface area contributed by atoms with Gasteiger partial charge < -0.3 is 15.2 Å². The fourth-order valence-corrected chi connectivity index (χ4v) is 2.69. The quantitative estimate of drug-likeness (QED) is 0.812. The smallest absolute Gasteiger partial charge is 0.307 e. The van der Waals surface area contributed by atoms with E-state index in [0.29, 0.717) is 18.0 Å². The van der Waals surface area contributed by atoms with Crippen molar-refractivity contribution in [3.05, 3.63) is 29.8 Å². The summed E-state index contributed by atoms with van der Waals surface area (Å²) in [4.78, 5) is 22.5. The van der Waals surface area contributed by atoms with E-state index < -0.39 is 5.97 Å². The average molecular weight is 305 g/mol. The van der Waals surface area contributed by atoms with Crippen LogP contribution in [0.5, 0.6) is 0 Å². The Balaban J connectivity index is 1.68. The molecule has 0 aliphatic carbocycles. The second-order valence-corrected chi connectivity index (χ2v) is 5.76. The molecule has 1 aromatic carbocycles. The second kappa shape index (κ2) is 8.54. The van der Waals surface area contributed by atoms with Gasteiger partial charge in [0.2, 0.25) is 5.91 Å². The van der Waals surface area contributed by atoms with Crippen molar-refractivity contribution >= 4 is 17.6 Å². The van der Waals surface area contributed by atoms with Gasteiger partial charge in [-0.2, -0.15) is 0 Å². The summed E-state index contributed by atoms with van der Waals surface area (Å²) >= 11 is 0. The zero-order valence-electron chi connectivity index (χ0n) is 12.7. The van der Waals surface area contributed by atoms with Crippen LogP contribution in [0.2, 0.25) is 0 Å². The molecule has 22 heavy (non-hydrogen) atoms. The molecule has 1 saturated heterocycles. The van der Waals surface area contributed by atoms with E-state index in [1.54, 1.807) is 24.3 Å². The molecule has 0 unspecified atom stereocenters. The van der Waals surface area contributed by atoms with Gasteiger partial charge >= 0.3 is 5.97 Å². The molecule has 1 aliphatic rings. The predicted octanol–water partition coefficient (Wildman–Crippen LogP) is 2.85. The molecule has 1 aliphatic heterocycles. The molecule has 0 radical (unpaired) electrons. The number of rotatable bonds is 7. The summed E-state index contributed by atoms with van der Waals surface area (Å²) in [6.07, 6.45) is 4.70. The number of carbonyl (C=O) groups excluding carboxylic acids is 1. The minimum atomic E-state index is -0.857. The van der Waals surface area contributed by atoms with Gasteiger partial charge in [-0.15, -0.1) is 0 Å². The van der Waals surface area contributed by atoms with Gasteiger partial charge in [0, 0.05) is 25.3 Å². The number of carboxylic acid groups (broad SMARTS) is 1. The number of anilines is 1. The van der Waals surface area contributed by atoms with Crippen molar-refractivity contribution in [3.8, 4) is 0 Å². The van der Waals surface area contributed by atoms with E-state index in [4.69, 9.17) is 9.84 Å². The SMILES string of the molecule is O=C(O)Cc1ccc(NC(=O)CCCC2CCOCC2)cc1. The summed E-state index contributed by atoms with van der Waals surface area (Å²) in [5.41, 5.74) is 1.44. The van der Waals surface area contributed by atoms with E-state index in [9.17, 15) is 9.59 Å². The van der Waals surface area contributed by atoms with Crippen molar-refractivity contribution in [2.75, 3.05) is 18.5 Å². The lowest BCUT2D eigenvalue weighted by molar-refractivity contribution is -0.136. The molecular formula is C17H23NO4. The van der Waals surface area contributed by atoms with Crippen molar-refractivity contribution in [1.29, 1.82) is 0 Å². The van der Waals surface area contributed by atoms with E-state index in [0.717, 1.165) is 44.5 Å². The van der Waals surface area contributed by atoms with Gasteiger partial charge in [-0.1, -0.05) is 12.1 Å². The van der Waals surface area contributed by atoms with Crippen LogP contribution in [0.15, 0.2) is 24.3 Å². The largest absolute Gasteiger partial charge is 0.481 e. The number of benzene rings is 1. The second-order valence-electron chi connectivity index (χ2n) is 5.76. The van der Waals surface area contributed by atoms with Crippen molar-refractivity contribution in [2.45, 2.75) is 38.5 Å². The van der Waals surface area contributed by atoms with Gasteiger partial charge in [0.05, 0.1) is 6.42 Å². The molecule has 1 heterocycles. The third kappa shape index (κ3) is 5.85. The van der Waals surface area contributed by atoms with Crippen LogP contribution in [0.25, 0.3) is 0 Å². The lowest BCUT2D eigenvalue weighted by Gasteiger charge is -2.21. The number of hydrogen-bond donors (Lipinski definition) is 2. The summed E-state index contributed by atoms with van der Waals surface area (Å²) in [5, 5.41) is 11.6. The van der Waals surface area contributed by atoms with Gasteiger partial charge in [-0.3, -0.25) is 9.59 Å². The van der Waals surface area contributed by atoms with Crippen LogP contribution in [0, 0.1) is 5.92 Å². The summed E-state index contributed by atoms with van der Waals surface area (Å²) in [6, 6.07) is 6.95. The highest BCUT2D eigenvalue weighted by Crippen LogP contribution is 2.21. The Labute approximate surface area is 130 Å². The molecule has 2 N–H and O–H groups in total. The normalized spacial score (nSPS) is 15.5. The summed E-state index contributed by atoms with van der Waals surface area (Å²) in [6.45, 7) is 1.69. The number of nitrogens with one attached hydrogen (secondary N) is 1. The van der Waals surface area contributed by atoms with Crippen LogP contribution in [0.1, 0.15) is 37.7 Å². The Bertz CT molecular complexity index is 492. The zero-order valence-corrected chi connectivity index (χ0v) is 12.7. The lowest BCUT2D eigenvalue weighted by Crippen LogP contribution is -2.17. The van der Waals surface area contributed by atoms with Crippen molar-refractivity contribution in [2.24, 2.45) is 5.92 Å². The number of aliphatic carboxylic acids is 1. The fourth-order valence-electron chi connectivity index (χ4n) is 2.69. The summed E-state index contributed by atoms with van der Waals surface area (Å²) in [7, 11) is 0. The number of amides is 1. The molecule has 0 saturated carbocycles. The first-order valence-corrected chi connectivity index (χ1v) is 7.82. The fraction of sp³-hybridized carbons (Fsp3) is 0.529. The average Bonchev–Trinajstić information content (AvgIpc) is 2.50. The molecule has 1 aromatic rings. The van der Waals surface area contributed by atoms with E-state index >= 15 is 0 Å². The standard InChI is InChI=1S/C17H23NO4/c19-16(3-1-2-13-8-10-22-11-9-13)18-15-6-4-14(5-7-15)12-17(20)21/h4-7,13H,1-3,8-12H2,(H,18,19)(H,20,21). The van der Waals surface area contributed by atoms with E-state index in [2.05, 4.69) is 5.32 Å². The maximum atomic E-state index is 11.9. The first-order valence-electron chi connectivity index (χ1n) is 7.82. The number of ether oxygens (including phenoxy) is 1. The Morgan fingerprint density at radius 2 is 1.86 bits per heavy atom. The molecule has 0 bridgehead atoms. The predicted molar refractivity (Wildman–Crippen MR) is 83.8 cm³/mol. The van der Waals surface area contributed by atoms with Crippen molar-refractivity contribution < 1.29 is 19.4 Å². The highest BCUT2D eigenvalue weighted by Gasteiger charge is 2.14. The molecule has 120 valence electrons. The van der Waals surface area contributed by atoms with Gasteiger partial charge in [0.1, 0.15) is 0 Å². The van der Waals surface area contributed by atoms with E-state index in [1.165, 1.54) is 0 Å². The summed E-state index contributed by atoms with van der Waals surface area (Å²) < 4.78 is 5.32. The first-order chi connectivity index (χ1) is 10.6. The molecule has 5 heteroatoms. The molecule has 0 aromatic heterocycles. The van der Waals surface area contributed by atoms with Crippen LogP contribution in [0.4, 0.5) is 5.69 Å².